The maximum Gasteiger partial charge on any atom is 0.416 e. The Labute approximate surface area is 184 Å². The minimum absolute atomic E-state index is 0.0426. The van der Waals surface area contributed by atoms with Crippen LogP contribution < -0.4 is 10.6 Å². The van der Waals surface area contributed by atoms with Gasteiger partial charge >= 0.3 is 6.18 Å². The van der Waals surface area contributed by atoms with E-state index in [1.54, 1.807) is 6.26 Å². The van der Waals surface area contributed by atoms with Gasteiger partial charge in [-0.25, -0.2) is 4.39 Å². The van der Waals surface area contributed by atoms with Gasteiger partial charge in [0.1, 0.15) is 11.9 Å². The molecule has 7 nitrogen and oxygen atoms in total. The zero-order chi connectivity index (χ0) is 23.9. The van der Waals surface area contributed by atoms with E-state index in [-0.39, 0.29) is 23.2 Å². The lowest BCUT2D eigenvalue weighted by Gasteiger charge is -2.19. The van der Waals surface area contributed by atoms with E-state index in [1.165, 1.54) is 30.0 Å². The molecule has 0 saturated heterocycles. The number of thioether (sulfide) groups is 1. The van der Waals surface area contributed by atoms with Crippen molar-refractivity contribution in [1.29, 1.82) is 0 Å². The largest absolute Gasteiger partial charge is 0.416 e. The van der Waals surface area contributed by atoms with Crippen LogP contribution in [0.15, 0.2) is 42.5 Å². The standard InChI is InChI=1S/C20H19F4N3O4S/c1-32-8-7-17(26-18(28)12-3-2-4-15(9-12)27(30)31)19(29)25-11-13-5-6-14(21)10-16(13)20(22,23)24/h2-6,9-10,17H,7-8,11H2,1H3,(H,25,29)(H,26,28). The van der Waals surface area contributed by atoms with Crippen LogP contribution in [0.1, 0.15) is 27.9 Å². The Morgan fingerprint density at radius 2 is 1.91 bits per heavy atom. The van der Waals surface area contributed by atoms with Gasteiger partial charge in [0.05, 0.1) is 10.5 Å². The Balaban J connectivity index is 2.14. The number of amides is 2. The van der Waals surface area contributed by atoms with Gasteiger partial charge in [0.15, 0.2) is 0 Å². The molecule has 0 aromatic heterocycles. The predicted molar refractivity (Wildman–Crippen MR) is 111 cm³/mol. The van der Waals surface area contributed by atoms with Crippen LogP contribution in [0, 0.1) is 15.9 Å². The van der Waals surface area contributed by atoms with Gasteiger partial charge < -0.3 is 10.6 Å². The van der Waals surface area contributed by atoms with Crippen LogP contribution >= 0.6 is 11.8 Å². The van der Waals surface area contributed by atoms with Crippen molar-refractivity contribution in [2.24, 2.45) is 0 Å². The molecule has 0 bridgehead atoms. The predicted octanol–water partition coefficient (Wildman–Crippen LogP) is 3.92. The van der Waals surface area contributed by atoms with Crippen molar-refractivity contribution in [3.63, 3.8) is 0 Å². The molecule has 1 unspecified atom stereocenters. The molecule has 0 aliphatic rings. The van der Waals surface area contributed by atoms with Crippen LogP contribution in [0.5, 0.6) is 0 Å². The van der Waals surface area contributed by atoms with Crippen LogP contribution in [0.4, 0.5) is 23.2 Å². The Bertz CT molecular complexity index is 1000. The highest BCUT2D eigenvalue weighted by Gasteiger charge is 2.34. The fourth-order valence-electron chi connectivity index (χ4n) is 2.78. The first-order chi connectivity index (χ1) is 15.0. The van der Waals surface area contributed by atoms with Gasteiger partial charge in [-0.2, -0.15) is 24.9 Å². The second-order valence-corrected chi connectivity index (χ2v) is 7.62. The number of non-ortho nitro benzene ring substituents is 1. The van der Waals surface area contributed by atoms with E-state index >= 15 is 0 Å². The van der Waals surface area contributed by atoms with Gasteiger partial charge in [0, 0.05) is 24.2 Å². The molecule has 0 saturated carbocycles. The molecule has 1 atom stereocenters. The quantitative estimate of drug-likeness (QED) is 0.327. The smallest absolute Gasteiger partial charge is 0.350 e. The summed E-state index contributed by atoms with van der Waals surface area (Å²) in [6.45, 7) is -0.531. The van der Waals surface area contributed by atoms with Gasteiger partial charge in [0.25, 0.3) is 11.6 Å². The maximum absolute atomic E-state index is 13.2. The van der Waals surface area contributed by atoms with Crippen molar-refractivity contribution in [3.8, 4) is 0 Å². The molecule has 172 valence electrons. The van der Waals surface area contributed by atoms with E-state index in [0.717, 1.165) is 18.2 Å². The third-order valence-electron chi connectivity index (χ3n) is 4.38. The summed E-state index contributed by atoms with van der Waals surface area (Å²) in [7, 11) is 0. The van der Waals surface area contributed by atoms with Crippen molar-refractivity contribution in [2.75, 3.05) is 12.0 Å². The third kappa shape index (κ3) is 6.94. The highest BCUT2D eigenvalue weighted by atomic mass is 32.2. The summed E-state index contributed by atoms with van der Waals surface area (Å²) in [6, 6.07) is 5.93. The molecule has 32 heavy (non-hydrogen) atoms. The summed E-state index contributed by atoms with van der Waals surface area (Å²) in [5.74, 6) is -2.09. The first-order valence-electron chi connectivity index (χ1n) is 9.20. The second-order valence-electron chi connectivity index (χ2n) is 6.63. The van der Waals surface area contributed by atoms with Gasteiger partial charge in [-0.1, -0.05) is 12.1 Å². The number of halogens is 4. The van der Waals surface area contributed by atoms with E-state index in [9.17, 15) is 37.3 Å². The molecule has 0 aliphatic carbocycles. The first kappa shape index (κ1) is 25.1. The fourth-order valence-corrected chi connectivity index (χ4v) is 3.25. The maximum atomic E-state index is 13.2. The monoisotopic (exact) mass is 473 g/mol. The minimum Gasteiger partial charge on any atom is -0.350 e. The number of carbonyl (C=O) groups excluding carboxylic acids is 2. The molecule has 0 aliphatic heterocycles. The molecule has 0 radical (unpaired) electrons. The van der Waals surface area contributed by atoms with E-state index in [1.807, 2.05) is 0 Å². The van der Waals surface area contributed by atoms with E-state index in [2.05, 4.69) is 10.6 Å². The Morgan fingerprint density at radius 3 is 2.53 bits per heavy atom. The van der Waals surface area contributed by atoms with Crippen molar-refractivity contribution >= 4 is 29.3 Å². The Kier molecular flexibility index (Phi) is 8.58. The molecule has 2 N–H and O–H groups in total. The molecule has 0 fully saturated rings. The number of benzene rings is 2. The lowest BCUT2D eigenvalue weighted by Crippen LogP contribution is -2.47. The zero-order valence-corrected chi connectivity index (χ0v) is 17.6. The number of nitro groups is 1. The van der Waals surface area contributed by atoms with Crippen LogP contribution in [0.25, 0.3) is 0 Å². The zero-order valence-electron chi connectivity index (χ0n) is 16.7. The molecule has 12 heteroatoms. The third-order valence-corrected chi connectivity index (χ3v) is 5.03. The summed E-state index contributed by atoms with van der Waals surface area (Å²) in [6.07, 6.45) is -2.87. The van der Waals surface area contributed by atoms with Crippen LogP contribution in [-0.2, 0) is 17.5 Å². The number of nitrogens with one attached hydrogen (secondary N) is 2. The van der Waals surface area contributed by atoms with Crippen molar-refractivity contribution in [2.45, 2.75) is 25.2 Å². The molecule has 2 amide bonds. The summed E-state index contributed by atoms with van der Waals surface area (Å²) in [4.78, 5) is 35.3. The summed E-state index contributed by atoms with van der Waals surface area (Å²) in [5.41, 5.74) is -1.89. The van der Waals surface area contributed by atoms with Gasteiger partial charge in [0.2, 0.25) is 5.91 Å². The number of hydrogen-bond acceptors (Lipinski definition) is 5. The number of nitrogens with zero attached hydrogens (tertiary/aromatic N) is 1. The van der Waals surface area contributed by atoms with Gasteiger partial charge in [-0.05, 0) is 42.2 Å². The fraction of sp³-hybridized carbons (Fsp3) is 0.300. The Hall–Kier alpha value is -3.15. The van der Waals surface area contributed by atoms with E-state index in [0.29, 0.717) is 11.8 Å². The van der Waals surface area contributed by atoms with Crippen LogP contribution in [0.3, 0.4) is 0 Å². The molecule has 2 aromatic rings. The topological polar surface area (TPSA) is 101 Å². The highest BCUT2D eigenvalue weighted by molar-refractivity contribution is 7.98. The number of alkyl halides is 3. The normalized spacial score (nSPS) is 12.2. The number of nitro benzene ring substituents is 1. The second kappa shape index (κ2) is 10.9. The molecule has 0 heterocycles. The van der Waals surface area contributed by atoms with Crippen molar-refractivity contribution in [1.82, 2.24) is 10.6 Å². The molecule has 2 rings (SSSR count). The molecule has 2 aromatic carbocycles. The Morgan fingerprint density at radius 1 is 1.19 bits per heavy atom. The van der Waals surface area contributed by atoms with Gasteiger partial charge in [-0.15, -0.1) is 0 Å². The van der Waals surface area contributed by atoms with E-state index in [4.69, 9.17) is 0 Å². The lowest BCUT2D eigenvalue weighted by molar-refractivity contribution is -0.384. The lowest BCUT2D eigenvalue weighted by atomic mass is 10.1. The van der Waals surface area contributed by atoms with Gasteiger partial charge in [-0.3, -0.25) is 19.7 Å². The summed E-state index contributed by atoms with van der Waals surface area (Å²) >= 11 is 1.39. The summed E-state index contributed by atoms with van der Waals surface area (Å²) in [5, 5.41) is 15.7. The van der Waals surface area contributed by atoms with Crippen molar-refractivity contribution in [3.05, 3.63) is 75.1 Å². The highest BCUT2D eigenvalue weighted by Crippen LogP contribution is 2.32. The summed E-state index contributed by atoms with van der Waals surface area (Å²) < 4.78 is 52.7. The first-order valence-corrected chi connectivity index (χ1v) is 10.6. The SMILES string of the molecule is CSCCC(NC(=O)c1cccc([N+](=O)[O-])c1)C(=O)NCc1ccc(F)cc1C(F)(F)F. The van der Waals surface area contributed by atoms with Crippen molar-refractivity contribution < 1.29 is 32.1 Å². The van der Waals surface area contributed by atoms with E-state index < -0.39 is 46.9 Å². The molecular formula is C20H19F4N3O4S. The van der Waals surface area contributed by atoms with Crippen LogP contribution in [0.2, 0.25) is 0 Å². The molecular weight excluding hydrogens is 454 g/mol. The number of rotatable bonds is 9. The molecule has 0 spiro atoms. The average molecular weight is 473 g/mol. The minimum atomic E-state index is -4.81. The van der Waals surface area contributed by atoms with Crippen LogP contribution in [-0.4, -0.2) is 34.8 Å². The number of hydrogen-bond donors (Lipinski definition) is 2. The number of carbonyl (C=O) groups is 2. The average Bonchev–Trinajstić information content (AvgIpc) is 2.74.